The van der Waals surface area contributed by atoms with E-state index in [4.69, 9.17) is 4.74 Å². The summed E-state index contributed by atoms with van der Waals surface area (Å²) in [5.41, 5.74) is 0. The van der Waals surface area contributed by atoms with Crippen LogP contribution in [0, 0.1) is 11.8 Å². The van der Waals surface area contributed by atoms with Crippen molar-refractivity contribution in [1.82, 2.24) is 5.32 Å². The number of benzene rings is 1. The molecule has 98 valence electrons. The van der Waals surface area contributed by atoms with Crippen LogP contribution in [0.1, 0.15) is 19.3 Å². The van der Waals surface area contributed by atoms with Gasteiger partial charge in [0.25, 0.3) is 0 Å². The van der Waals surface area contributed by atoms with Gasteiger partial charge in [-0.1, -0.05) is 12.1 Å². The lowest BCUT2D eigenvalue weighted by atomic mass is 9.97. The molecule has 1 saturated carbocycles. The molecule has 1 heterocycles. The van der Waals surface area contributed by atoms with E-state index in [2.05, 4.69) is 35.8 Å². The molecule has 0 radical (unpaired) electrons. The fourth-order valence-electron chi connectivity index (χ4n) is 2.82. The highest BCUT2D eigenvalue weighted by Crippen LogP contribution is 2.41. The summed E-state index contributed by atoms with van der Waals surface area (Å²) in [4.78, 5) is 1.26. The molecule has 1 N–H and O–H groups in total. The number of thioether (sulfide) groups is 1. The maximum absolute atomic E-state index is 6.38. The van der Waals surface area contributed by atoms with Gasteiger partial charge in [0.2, 0.25) is 0 Å². The molecule has 2 aliphatic rings. The normalized spacial score (nSPS) is 25.1. The first-order valence-electron chi connectivity index (χ1n) is 6.89. The first kappa shape index (κ1) is 12.4. The summed E-state index contributed by atoms with van der Waals surface area (Å²) in [7, 11) is 0. The summed E-state index contributed by atoms with van der Waals surface area (Å²) < 4.78 is 6.38. The lowest BCUT2D eigenvalue weighted by molar-refractivity contribution is 0.117. The Morgan fingerprint density at radius 1 is 1.22 bits per heavy atom. The molecule has 1 unspecified atom stereocenters. The van der Waals surface area contributed by atoms with Gasteiger partial charge in [0.15, 0.2) is 0 Å². The topological polar surface area (TPSA) is 21.3 Å². The van der Waals surface area contributed by atoms with E-state index in [0.717, 1.165) is 24.8 Å². The third-order valence-electron chi connectivity index (χ3n) is 3.98. The maximum Gasteiger partial charge on any atom is 0.133 e. The molecule has 1 saturated heterocycles. The molecule has 0 bridgehead atoms. The molecule has 1 aromatic carbocycles. The zero-order valence-corrected chi connectivity index (χ0v) is 11.7. The van der Waals surface area contributed by atoms with Gasteiger partial charge in [0, 0.05) is 17.4 Å². The average Bonchev–Trinajstić information content (AvgIpc) is 3.11. The molecule has 1 aliphatic heterocycles. The van der Waals surface area contributed by atoms with Crippen LogP contribution < -0.4 is 10.1 Å². The third kappa shape index (κ3) is 2.67. The maximum atomic E-state index is 6.38. The highest BCUT2D eigenvalue weighted by molar-refractivity contribution is 7.98. The van der Waals surface area contributed by atoms with Crippen molar-refractivity contribution in [1.29, 1.82) is 0 Å². The zero-order valence-electron chi connectivity index (χ0n) is 10.9. The highest BCUT2D eigenvalue weighted by atomic mass is 32.2. The molecule has 0 spiro atoms. The molecule has 1 aliphatic carbocycles. The molecule has 2 fully saturated rings. The van der Waals surface area contributed by atoms with E-state index in [-0.39, 0.29) is 0 Å². The Kier molecular flexibility index (Phi) is 3.80. The van der Waals surface area contributed by atoms with Gasteiger partial charge in [-0.15, -0.1) is 11.8 Å². The molecule has 1 aromatic rings. The van der Waals surface area contributed by atoms with E-state index in [0.29, 0.717) is 12.0 Å². The van der Waals surface area contributed by atoms with Crippen LogP contribution in [0.5, 0.6) is 5.75 Å². The Labute approximate surface area is 113 Å². The number of hydrogen-bond acceptors (Lipinski definition) is 3. The second-order valence-electron chi connectivity index (χ2n) is 5.32. The molecule has 3 heteroatoms. The van der Waals surface area contributed by atoms with Crippen LogP contribution in [0.3, 0.4) is 0 Å². The number of nitrogens with one attached hydrogen (secondary N) is 1. The monoisotopic (exact) mass is 263 g/mol. The average molecular weight is 263 g/mol. The quantitative estimate of drug-likeness (QED) is 0.824. The van der Waals surface area contributed by atoms with Gasteiger partial charge in [0.05, 0.1) is 0 Å². The summed E-state index contributed by atoms with van der Waals surface area (Å²) in [6.07, 6.45) is 6.51. The highest BCUT2D eigenvalue weighted by Gasteiger charge is 2.39. The Hall–Kier alpha value is -0.670. The van der Waals surface area contributed by atoms with Crippen molar-refractivity contribution in [2.24, 2.45) is 11.8 Å². The van der Waals surface area contributed by atoms with Gasteiger partial charge in [-0.3, -0.25) is 0 Å². The summed E-state index contributed by atoms with van der Waals surface area (Å²) in [6, 6.07) is 8.42. The Balaban J connectivity index is 1.75. The lowest BCUT2D eigenvalue weighted by Crippen LogP contribution is -2.31. The van der Waals surface area contributed by atoms with Crippen LogP contribution in [0.4, 0.5) is 0 Å². The Morgan fingerprint density at radius 3 is 2.72 bits per heavy atom. The number of hydrogen-bond donors (Lipinski definition) is 1. The predicted octanol–water partition coefficient (Wildman–Crippen LogP) is 3.18. The van der Waals surface area contributed by atoms with Gasteiger partial charge >= 0.3 is 0 Å². The van der Waals surface area contributed by atoms with Crippen LogP contribution in [0.15, 0.2) is 29.2 Å². The lowest BCUT2D eigenvalue weighted by Gasteiger charge is -2.25. The minimum Gasteiger partial charge on any atom is -0.489 e. The van der Waals surface area contributed by atoms with Crippen molar-refractivity contribution in [2.75, 3.05) is 19.3 Å². The minimum atomic E-state index is 0.424. The van der Waals surface area contributed by atoms with E-state index in [1.165, 1.54) is 24.2 Å². The predicted molar refractivity (Wildman–Crippen MR) is 76.3 cm³/mol. The molecule has 0 amide bonds. The van der Waals surface area contributed by atoms with Crippen molar-refractivity contribution in [3.8, 4) is 5.75 Å². The fraction of sp³-hybridized carbons (Fsp3) is 0.600. The van der Waals surface area contributed by atoms with Crippen LogP contribution in [-0.2, 0) is 0 Å². The summed E-state index contributed by atoms with van der Waals surface area (Å²) in [6.45, 7) is 2.28. The SMILES string of the molecule is CSc1ccccc1OC(C1CC1)[C@H]1CCNC1. The van der Waals surface area contributed by atoms with Crippen molar-refractivity contribution >= 4 is 11.8 Å². The molecule has 3 rings (SSSR count). The standard InChI is InChI=1S/C15H21NOS/c1-18-14-5-3-2-4-13(14)17-15(11-6-7-11)12-8-9-16-10-12/h2-5,11-12,15-16H,6-10H2,1H3/t12-,15?/m0/s1. The summed E-state index contributed by atoms with van der Waals surface area (Å²) >= 11 is 1.77. The van der Waals surface area contributed by atoms with Gasteiger partial charge < -0.3 is 10.1 Å². The second kappa shape index (κ2) is 5.54. The van der Waals surface area contributed by atoms with Crippen molar-refractivity contribution in [3.63, 3.8) is 0 Å². The zero-order chi connectivity index (χ0) is 12.4. The van der Waals surface area contributed by atoms with E-state index in [1.807, 2.05) is 0 Å². The van der Waals surface area contributed by atoms with Gasteiger partial charge in [0.1, 0.15) is 11.9 Å². The summed E-state index contributed by atoms with van der Waals surface area (Å²) in [5, 5.41) is 3.46. The van der Waals surface area contributed by atoms with Gasteiger partial charge in [-0.25, -0.2) is 0 Å². The molecule has 0 aromatic heterocycles. The number of rotatable bonds is 5. The van der Waals surface area contributed by atoms with E-state index >= 15 is 0 Å². The van der Waals surface area contributed by atoms with E-state index in [1.54, 1.807) is 11.8 Å². The Bertz CT molecular complexity index is 399. The molecule has 2 atom stereocenters. The van der Waals surface area contributed by atoms with E-state index < -0.39 is 0 Å². The first-order valence-corrected chi connectivity index (χ1v) is 8.11. The minimum absolute atomic E-state index is 0.424. The van der Waals surface area contributed by atoms with E-state index in [9.17, 15) is 0 Å². The van der Waals surface area contributed by atoms with Crippen LogP contribution in [0.25, 0.3) is 0 Å². The van der Waals surface area contributed by atoms with Crippen LogP contribution in [0.2, 0.25) is 0 Å². The van der Waals surface area contributed by atoms with Crippen LogP contribution >= 0.6 is 11.8 Å². The van der Waals surface area contributed by atoms with Crippen molar-refractivity contribution in [2.45, 2.75) is 30.3 Å². The van der Waals surface area contributed by atoms with Crippen LogP contribution in [-0.4, -0.2) is 25.4 Å². The smallest absolute Gasteiger partial charge is 0.133 e. The third-order valence-corrected chi connectivity index (χ3v) is 4.76. The molecular weight excluding hydrogens is 242 g/mol. The van der Waals surface area contributed by atoms with Gasteiger partial charge in [-0.2, -0.15) is 0 Å². The second-order valence-corrected chi connectivity index (χ2v) is 6.17. The van der Waals surface area contributed by atoms with Gasteiger partial charge in [-0.05, 0) is 50.1 Å². The molecule has 18 heavy (non-hydrogen) atoms. The number of ether oxygens (including phenoxy) is 1. The summed E-state index contributed by atoms with van der Waals surface area (Å²) in [5.74, 6) is 2.58. The largest absolute Gasteiger partial charge is 0.489 e. The fourth-order valence-corrected chi connectivity index (χ4v) is 3.35. The number of para-hydroxylation sites is 1. The molecular formula is C15H21NOS. The Morgan fingerprint density at radius 2 is 2.06 bits per heavy atom. The van der Waals surface area contributed by atoms with Crippen molar-refractivity contribution < 1.29 is 4.74 Å². The van der Waals surface area contributed by atoms with Crippen molar-refractivity contribution in [3.05, 3.63) is 24.3 Å². The molecule has 2 nitrogen and oxygen atoms in total. The first-order chi connectivity index (χ1) is 8.88.